The molecular formula is C13H17BrFNO. The molecule has 1 unspecified atom stereocenters. The Morgan fingerprint density at radius 1 is 1.53 bits per heavy atom. The Kier molecular flexibility index (Phi) is 5.12. The summed E-state index contributed by atoms with van der Waals surface area (Å²) in [4.78, 5) is 13.6. The largest absolute Gasteiger partial charge is 0.341 e. The number of carbonyl (C=O) groups excluding carboxylic acids is 1. The number of hydrogen-bond donors (Lipinski definition) is 0. The molecule has 0 aromatic heterocycles. The fourth-order valence-electron chi connectivity index (χ4n) is 1.55. The lowest BCUT2D eigenvalue weighted by atomic mass is 10.1. The first-order chi connectivity index (χ1) is 7.95. The molecule has 0 N–H and O–H groups in total. The topological polar surface area (TPSA) is 20.3 Å². The van der Waals surface area contributed by atoms with Gasteiger partial charge in [0.25, 0.3) is 5.91 Å². The van der Waals surface area contributed by atoms with Gasteiger partial charge in [-0.25, -0.2) is 4.39 Å². The fraction of sp³-hybridized carbons (Fsp3) is 0.462. The number of amides is 1. The highest BCUT2D eigenvalue weighted by Gasteiger charge is 2.17. The number of rotatable bonds is 4. The Balaban J connectivity index is 2.85. The Bertz CT molecular complexity index is 408. The summed E-state index contributed by atoms with van der Waals surface area (Å²) in [7, 11) is 1.70. The lowest BCUT2D eigenvalue weighted by Gasteiger charge is -2.21. The molecule has 17 heavy (non-hydrogen) atoms. The predicted octanol–water partition coefficient (Wildman–Crippen LogP) is 3.71. The molecule has 2 nitrogen and oxygen atoms in total. The van der Waals surface area contributed by atoms with E-state index in [1.54, 1.807) is 18.0 Å². The van der Waals surface area contributed by atoms with Crippen LogP contribution in [0.1, 0.15) is 30.6 Å². The molecule has 1 rings (SSSR count). The molecule has 1 amide bonds. The van der Waals surface area contributed by atoms with Crippen LogP contribution in [0.25, 0.3) is 0 Å². The van der Waals surface area contributed by atoms with Crippen molar-refractivity contribution in [2.45, 2.75) is 20.3 Å². The van der Waals surface area contributed by atoms with Gasteiger partial charge in [0.15, 0.2) is 0 Å². The zero-order chi connectivity index (χ0) is 13.0. The molecule has 0 radical (unpaired) electrons. The van der Waals surface area contributed by atoms with Gasteiger partial charge in [0, 0.05) is 18.1 Å². The Labute approximate surface area is 110 Å². The lowest BCUT2D eigenvalue weighted by Crippen LogP contribution is -2.31. The van der Waals surface area contributed by atoms with Crippen LogP contribution in [0.3, 0.4) is 0 Å². The van der Waals surface area contributed by atoms with Crippen LogP contribution in [0.4, 0.5) is 4.39 Å². The molecule has 0 fully saturated rings. The van der Waals surface area contributed by atoms with Crippen LogP contribution in [0.5, 0.6) is 0 Å². The van der Waals surface area contributed by atoms with Gasteiger partial charge in [0.05, 0.1) is 5.56 Å². The molecule has 0 spiro atoms. The van der Waals surface area contributed by atoms with Crippen molar-refractivity contribution in [2.24, 2.45) is 5.92 Å². The summed E-state index contributed by atoms with van der Waals surface area (Å²) in [6.07, 6.45) is 0.999. The van der Waals surface area contributed by atoms with Gasteiger partial charge in [-0.15, -0.1) is 0 Å². The molecule has 0 aliphatic heterocycles. The van der Waals surface area contributed by atoms with Crippen molar-refractivity contribution in [2.75, 3.05) is 13.6 Å². The third kappa shape index (κ3) is 3.80. The second kappa shape index (κ2) is 6.15. The molecule has 1 aromatic rings. The quantitative estimate of drug-likeness (QED) is 0.830. The number of hydrogen-bond acceptors (Lipinski definition) is 1. The van der Waals surface area contributed by atoms with E-state index >= 15 is 0 Å². The molecule has 0 saturated carbocycles. The number of halogens is 2. The summed E-state index contributed by atoms with van der Waals surface area (Å²) in [5.74, 6) is -0.336. The van der Waals surface area contributed by atoms with Gasteiger partial charge in [-0.1, -0.05) is 36.2 Å². The van der Waals surface area contributed by atoms with Gasteiger partial charge >= 0.3 is 0 Å². The first-order valence-corrected chi connectivity index (χ1v) is 6.45. The first kappa shape index (κ1) is 14.2. The average Bonchev–Trinajstić information content (AvgIpc) is 2.31. The summed E-state index contributed by atoms with van der Waals surface area (Å²) in [5.41, 5.74) is 0.116. The minimum atomic E-state index is -0.478. The molecule has 0 aliphatic rings. The van der Waals surface area contributed by atoms with E-state index in [2.05, 4.69) is 29.8 Å². The van der Waals surface area contributed by atoms with Gasteiger partial charge < -0.3 is 4.90 Å². The molecule has 1 atom stereocenters. The van der Waals surface area contributed by atoms with E-state index in [1.807, 2.05) is 0 Å². The monoisotopic (exact) mass is 301 g/mol. The zero-order valence-corrected chi connectivity index (χ0v) is 11.9. The van der Waals surface area contributed by atoms with E-state index in [4.69, 9.17) is 0 Å². The molecule has 1 aromatic carbocycles. The van der Waals surface area contributed by atoms with Crippen molar-refractivity contribution in [1.82, 2.24) is 4.90 Å². The van der Waals surface area contributed by atoms with Crippen LogP contribution in [0.2, 0.25) is 0 Å². The number of benzene rings is 1. The van der Waals surface area contributed by atoms with E-state index in [9.17, 15) is 9.18 Å². The maximum Gasteiger partial charge on any atom is 0.256 e. The van der Waals surface area contributed by atoms with Crippen molar-refractivity contribution in [1.29, 1.82) is 0 Å². The second-order valence-corrected chi connectivity index (χ2v) is 5.24. The van der Waals surface area contributed by atoms with Gasteiger partial charge in [-0.2, -0.15) is 0 Å². The number of carbonyl (C=O) groups is 1. The smallest absolute Gasteiger partial charge is 0.256 e. The molecule has 94 valence electrons. The average molecular weight is 302 g/mol. The Morgan fingerprint density at radius 3 is 2.76 bits per heavy atom. The summed E-state index contributed by atoms with van der Waals surface area (Å²) in [6, 6.07) is 4.40. The molecule has 0 aliphatic carbocycles. The van der Waals surface area contributed by atoms with Gasteiger partial charge in [0.2, 0.25) is 0 Å². The standard InChI is InChI=1S/C13H17BrFNO/c1-4-9(2)8-16(3)13(17)11-7-10(14)5-6-12(11)15/h5-7,9H,4,8H2,1-3H3. The van der Waals surface area contributed by atoms with E-state index in [-0.39, 0.29) is 11.5 Å². The third-order valence-electron chi connectivity index (χ3n) is 2.79. The van der Waals surface area contributed by atoms with Crippen LogP contribution in [0.15, 0.2) is 22.7 Å². The number of nitrogens with zero attached hydrogens (tertiary/aromatic N) is 1. The van der Waals surface area contributed by atoms with Gasteiger partial charge in [0.1, 0.15) is 5.82 Å². The van der Waals surface area contributed by atoms with Crippen molar-refractivity contribution < 1.29 is 9.18 Å². The van der Waals surface area contributed by atoms with Crippen molar-refractivity contribution in [3.63, 3.8) is 0 Å². The fourth-order valence-corrected chi connectivity index (χ4v) is 1.91. The molecule has 4 heteroatoms. The van der Waals surface area contributed by atoms with Crippen molar-refractivity contribution >= 4 is 21.8 Å². The third-order valence-corrected chi connectivity index (χ3v) is 3.28. The summed E-state index contributed by atoms with van der Waals surface area (Å²) in [6.45, 7) is 4.78. The van der Waals surface area contributed by atoms with Crippen LogP contribution < -0.4 is 0 Å². The van der Waals surface area contributed by atoms with Crippen LogP contribution in [0, 0.1) is 11.7 Å². The van der Waals surface area contributed by atoms with E-state index < -0.39 is 5.82 Å². The maximum atomic E-state index is 13.5. The van der Waals surface area contributed by atoms with Crippen molar-refractivity contribution in [3.8, 4) is 0 Å². The highest BCUT2D eigenvalue weighted by molar-refractivity contribution is 9.10. The minimum absolute atomic E-state index is 0.116. The van der Waals surface area contributed by atoms with Crippen molar-refractivity contribution in [3.05, 3.63) is 34.1 Å². The van der Waals surface area contributed by atoms with E-state index in [0.29, 0.717) is 16.9 Å². The van der Waals surface area contributed by atoms with Gasteiger partial charge in [-0.05, 0) is 24.1 Å². The lowest BCUT2D eigenvalue weighted by molar-refractivity contribution is 0.0770. The highest BCUT2D eigenvalue weighted by atomic mass is 79.9. The van der Waals surface area contributed by atoms with E-state index in [1.165, 1.54) is 12.1 Å². The molecule has 0 bridgehead atoms. The second-order valence-electron chi connectivity index (χ2n) is 4.32. The molecule has 0 heterocycles. The van der Waals surface area contributed by atoms with Gasteiger partial charge in [-0.3, -0.25) is 4.79 Å². The SMILES string of the molecule is CCC(C)CN(C)C(=O)c1cc(Br)ccc1F. The van der Waals surface area contributed by atoms with Crippen LogP contribution in [-0.4, -0.2) is 24.4 Å². The highest BCUT2D eigenvalue weighted by Crippen LogP contribution is 2.17. The predicted molar refractivity (Wildman–Crippen MR) is 70.5 cm³/mol. The Morgan fingerprint density at radius 2 is 2.18 bits per heavy atom. The maximum absolute atomic E-state index is 13.5. The minimum Gasteiger partial charge on any atom is -0.341 e. The molecular weight excluding hydrogens is 285 g/mol. The summed E-state index contributed by atoms with van der Waals surface area (Å²) in [5, 5.41) is 0. The Hall–Kier alpha value is -0.900. The van der Waals surface area contributed by atoms with Crippen LogP contribution >= 0.6 is 15.9 Å². The zero-order valence-electron chi connectivity index (χ0n) is 10.3. The molecule has 0 saturated heterocycles. The summed E-state index contributed by atoms with van der Waals surface area (Å²) < 4.78 is 14.2. The normalized spacial score (nSPS) is 12.3. The van der Waals surface area contributed by atoms with E-state index in [0.717, 1.165) is 6.42 Å². The summed E-state index contributed by atoms with van der Waals surface area (Å²) >= 11 is 3.24. The first-order valence-electron chi connectivity index (χ1n) is 5.66. The van der Waals surface area contributed by atoms with Crippen LogP contribution in [-0.2, 0) is 0 Å².